The first-order valence-electron chi connectivity index (χ1n) is 4.91. The zero-order valence-electron chi connectivity index (χ0n) is 8.59. The Morgan fingerprint density at radius 3 is 2.88 bits per heavy atom. The van der Waals surface area contributed by atoms with Gasteiger partial charge in [0.2, 0.25) is 0 Å². The Labute approximate surface area is 110 Å². The Balaban J connectivity index is 1.94. The summed E-state index contributed by atoms with van der Waals surface area (Å²) in [5.74, 6) is 0. The molecular weight excluding hydrogens is 300 g/mol. The predicted octanol–water partition coefficient (Wildman–Crippen LogP) is 3.27. The van der Waals surface area contributed by atoms with Crippen molar-refractivity contribution < 1.29 is 0 Å². The highest BCUT2D eigenvalue weighted by Gasteiger charge is 2.05. The van der Waals surface area contributed by atoms with Gasteiger partial charge in [-0.2, -0.15) is 0 Å². The van der Waals surface area contributed by atoms with Crippen LogP contribution >= 0.6 is 27.7 Å². The van der Waals surface area contributed by atoms with E-state index in [1.165, 1.54) is 18.1 Å². The molecule has 1 aromatic carbocycles. The zero-order valence-corrected chi connectivity index (χ0v) is 11.0. The average molecular weight is 307 g/mol. The molecule has 1 N–H and O–H groups in total. The van der Waals surface area contributed by atoms with E-state index in [0.717, 1.165) is 25.8 Å². The molecular formula is C11H7BrN4S. The summed E-state index contributed by atoms with van der Waals surface area (Å²) in [6.45, 7) is 0. The van der Waals surface area contributed by atoms with E-state index >= 15 is 0 Å². The maximum Gasteiger partial charge on any atom is 0.172 e. The monoisotopic (exact) mass is 306 g/mol. The highest BCUT2D eigenvalue weighted by atomic mass is 79.9. The lowest BCUT2D eigenvalue weighted by atomic mass is 10.3. The molecule has 0 amide bonds. The van der Waals surface area contributed by atoms with E-state index in [9.17, 15) is 0 Å². The van der Waals surface area contributed by atoms with E-state index in [-0.39, 0.29) is 0 Å². The minimum Gasteiger partial charge on any atom is -0.333 e. The largest absolute Gasteiger partial charge is 0.333 e. The van der Waals surface area contributed by atoms with Crippen LogP contribution in [0.4, 0.5) is 0 Å². The molecule has 0 bridgehead atoms. The SMILES string of the molecule is Brc1cc(Sc2nc3ccccc3[nH]2)ncn1. The Kier molecular flexibility index (Phi) is 2.82. The number of imidazole rings is 1. The highest BCUT2D eigenvalue weighted by Crippen LogP contribution is 2.26. The molecule has 2 aromatic heterocycles. The van der Waals surface area contributed by atoms with Gasteiger partial charge in [0.05, 0.1) is 11.0 Å². The van der Waals surface area contributed by atoms with E-state index in [1.807, 2.05) is 30.3 Å². The summed E-state index contributed by atoms with van der Waals surface area (Å²) in [5, 5.41) is 1.68. The number of rotatable bonds is 2. The third kappa shape index (κ3) is 2.32. The second kappa shape index (κ2) is 4.46. The molecule has 0 atom stereocenters. The predicted molar refractivity (Wildman–Crippen MR) is 69.9 cm³/mol. The lowest BCUT2D eigenvalue weighted by Gasteiger charge is -1.95. The molecule has 0 saturated heterocycles. The van der Waals surface area contributed by atoms with Crippen LogP contribution in [0.25, 0.3) is 11.0 Å². The summed E-state index contributed by atoms with van der Waals surface area (Å²) in [4.78, 5) is 15.9. The number of nitrogens with zero attached hydrogens (tertiary/aromatic N) is 3. The Hall–Kier alpha value is -1.40. The van der Waals surface area contributed by atoms with Crippen molar-refractivity contribution in [2.24, 2.45) is 0 Å². The number of halogens is 1. The summed E-state index contributed by atoms with van der Waals surface area (Å²) in [7, 11) is 0. The number of para-hydroxylation sites is 2. The molecule has 0 aliphatic rings. The first-order valence-corrected chi connectivity index (χ1v) is 6.52. The van der Waals surface area contributed by atoms with E-state index in [0.29, 0.717) is 0 Å². The van der Waals surface area contributed by atoms with Gasteiger partial charge in [-0.05, 0) is 39.8 Å². The molecule has 84 valence electrons. The number of aromatic nitrogens is 4. The molecule has 0 spiro atoms. The Morgan fingerprint density at radius 2 is 2.06 bits per heavy atom. The minimum atomic E-state index is 0.770. The molecule has 3 aromatic rings. The summed E-state index contributed by atoms with van der Waals surface area (Å²) in [5.41, 5.74) is 1.99. The van der Waals surface area contributed by atoms with Crippen molar-refractivity contribution in [3.05, 3.63) is 41.3 Å². The minimum absolute atomic E-state index is 0.770. The fourth-order valence-corrected chi connectivity index (χ4v) is 2.68. The fourth-order valence-electron chi connectivity index (χ4n) is 1.45. The average Bonchev–Trinajstić information content (AvgIpc) is 2.71. The second-order valence-corrected chi connectivity index (χ2v) is 5.16. The standard InChI is InChI=1S/C11H7BrN4S/c12-9-5-10(14-6-13-9)17-11-15-7-3-1-2-4-8(7)16-11/h1-6H,(H,15,16). The number of nitrogens with one attached hydrogen (secondary N) is 1. The number of benzene rings is 1. The van der Waals surface area contributed by atoms with Crippen molar-refractivity contribution in [1.82, 2.24) is 19.9 Å². The van der Waals surface area contributed by atoms with Crippen LogP contribution in [0.5, 0.6) is 0 Å². The van der Waals surface area contributed by atoms with Crippen LogP contribution in [0.2, 0.25) is 0 Å². The van der Waals surface area contributed by atoms with Crippen molar-refractivity contribution in [2.45, 2.75) is 10.2 Å². The molecule has 4 nitrogen and oxygen atoms in total. The molecule has 17 heavy (non-hydrogen) atoms. The van der Waals surface area contributed by atoms with Gasteiger partial charge >= 0.3 is 0 Å². The van der Waals surface area contributed by atoms with Crippen LogP contribution in [-0.4, -0.2) is 19.9 Å². The van der Waals surface area contributed by atoms with Crippen LogP contribution in [0.3, 0.4) is 0 Å². The van der Waals surface area contributed by atoms with Gasteiger partial charge in [-0.1, -0.05) is 12.1 Å². The number of hydrogen-bond acceptors (Lipinski definition) is 4. The lowest BCUT2D eigenvalue weighted by molar-refractivity contribution is 1.01. The molecule has 3 rings (SSSR count). The summed E-state index contributed by atoms with van der Waals surface area (Å²) in [6, 6.07) is 9.79. The third-order valence-electron chi connectivity index (χ3n) is 2.18. The van der Waals surface area contributed by atoms with E-state index in [1.54, 1.807) is 0 Å². The summed E-state index contributed by atoms with van der Waals surface area (Å²) >= 11 is 4.79. The van der Waals surface area contributed by atoms with Gasteiger partial charge in [0.15, 0.2) is 5.16 Å². The lowest BCUT2D eigenvalue weighted by Crippen LogP contribution is -1.83. The molecule has 0 aliphatic carbocycles. The first-order chi connectivity index (χ1) is 8.31. The zero-order chi connectivity index (χ0) is 11.7. The van der Waals surface area contributed by atoms with Crippen molar-refractivity contribution in [2.75, 3.05) is 0 Å². The molecule has 0 fully saturated rings. The normalized spacial score (nSPS) is 10.9. The van der Waals surface area contributed by atoms with E-state index < -0.39 is 0 Å². The Morgan fingerprint density at radius 1 is 1.18 bits per heavy atom. The highest BCUT2D eigenvalue weighted by molar-refractivity contribution is 9.10. The number of hydrogen-bond donors (Lipinski definition) is 1. The van der Waals surface area contributed by atoms with Crippen LogP contribution in [-0.2, 0) is 0 Å². The Bertz CT molecular complexity index is 634. The smallest absolute Gasteiger partial charge is 0.172 e. The fraction of sp³-hybridized carbons (Fsp3) is 0. The van der Waals surface area contributed by atoms with Crippen LogP contribution in [0.15, 0.2) is 51.4 Å². The molecule has 2 heterocycles. The van der Waals surface area contributed by atoms with Gasteiger partial charge in [-0.25, -0.2) is 15.0 Å². The first kappa shape index (κ1) is 10.7. The molecule has 0 radical (unpaired) electrons. The summed E-state index contributed by atoms with van der Waals surface area (Å²) in [6.07, 6.45) is 1.52. The van der Waals surface area contributed by atoms with Gasteiger partial charge in [0, 0.05) is 6.07 Å². The topological polar surface area (TPSA) is 54.5 Å². The van der Waals surface area contributed by atoms with Crippen molar-refractivity contribution in [3.63, 3.8) is 0 Å². The maximum atomic E-state index is 4.47. The van der Waals surface area contributed by atoms with Gasteiger partial charge in [0.25, 0.3) is 0 Å². The molecule has 0 unspecified atom stereocenters. The van der Waals surface area contributed by atoms with Crippen LogP contribution in [0.1, 0.15) is 0 Å². The van der Waals surface area contributed by atoms with Crippen LogP contribution < -0.4 is 0 Å². The number of aromatic amines is 1. The van der Waals surface area contributed by atoms with Gasteiger partial charge in [0.1, 0.15) is 16.0 Å². The van der Waals surface area contributed by atoms with Crippen molar-refractivity contribution in [3.8, 4) is 0 Å². The maximum absolute atomic E-state index is 4.47. The molecule has 0 saturated carbocycles. The molecule has 6 heteroatoms. The van der Waals surface area contributed by atoms with Crippen LogP contribution in [0, 0.1) is 0 Å². The second-order valence-electron chi connectivity index (χ2n) is 3.34. The van der Waals surface area contributed by atoms with Crippen molar-refractivity contribution in [1.29, 1.82) is 0 Å². The number of fused-ring (bicyclic) bond motifs is 1. The van der Waals surface area contributed by atoms with Gasteiger partial charge in [-0.15, -0.1) is 0 Å². The van der Waals surface area contributed by atoms with E-state index in [4.69, 9.17) is 0 Å². The third-order valence-corrected chi connectivity index (χ3v) is 3.43. The number of H-pyrrole nitrogens is 1. The van der Waals surface area contributed by atoms with E-state index in [2.05, 4.69) is 35.9 Å². The van der Waals surface area contributed by atoms with Gasteiger partial charge in [-0.3, -0.25) is 0 Å². The summed E-state index contributed by atoms with van der Waals surface area (Å²) < 4.78 is 0.770. The van der Waals surface area contributed by atoms with Crippen molar-refractivity contribution >= 4 is 38.7 Å². The van der Waals surface area contributed by atoms with Gasteiger partial charge < -0.3 is 4.98 Å². The quantitative estimate of drug-likeness (QED) is 0.738. The molecule has 0 aliphatic heterocycles.